The van der Waals surface area contributed by atoms with Crippen molar-refractivity contribution in [1.82, 2.24) is 4.90 Å². The maximum atomic E-state index is 13.0. The van der Waals surface area contributed by atoms with E-state index in [2.05, 4.69) is 0 Å². The van der Waals surface area contributed by atoms with Crippen molar-refractivity contribution in [2.24, 2.45) is 0 Å². The fraction of sp³-hybridized carbons (Fsp3) is 0.316. The third-order valence-electron chi connectivity index (χ3n) is 4.38. The van der Waals surface area contributed by atoms with Crippen LogP contribution in [0.25, 0.3) is 0 Å². The quantitative estimate of drug-likeness (QED) is 0.415. The summed E-state index contributed by atoms with van der Waals surface area (Å²) in [5.74, 6) is 0.598. The Morgan fingerprint density at radius 3 is 2.50 bits per heavy atom. The van der Waals surface area contributed by atoms with Gasteiger partial charge in [0.05, 0.1) is 16.9 Å². The molecule has 1 aliphatic carbocycles. The highest BCUT2D eigenvalue weighted by atomic mass is 32.2. The Morgan fingerprint density at radius 2 is 1.96 bits per heavy atom. The van der Waals surface area contributed by atoms with E-state index in [1.807, 2.05) is 24.3 Å². The zero-order valence-corrected chi connectivity index (χ0v) is 15.5. The highest BCUT2D eigenvalue weighted by Crippen LogP contribution is 2.33. The summed E-state index contributed by atoms with van der Waals surface area (Å²) in [5.41, 5.74) is 1.33. The van der Waals surface area contributed by atoms with Gasteiger partial charge in [-0.15, -0.1) is 11.8 Å². The summed E-state index contributed by atoms with van der Waals surface area (Å²) >= 11 is 1.30. The van der Waals surface area contributed by atoms with E-state index >= 15 is 0 Å². The van der Waals surface area contributed by atoms with Gasteiger partial charge in [0.2, 0.25) is 0 Å². The Kier molecular flexibility index (Phi) is 5.46. The van der Waals surface area contributed by atoms with Crippen molar-refractivity contribution in [2.75, 3.05) is 13.4 Å². The van der Waals surface area contributed by atoms with E-state index in [-0.39, 0.29) is 17.6 Å². The molecular formula is C19H20N2O4S. The number of benzene rings is 2. The van der Waals surface area contributed by atoms with Gasteiger partial charge in [-0.05, 0) is 48.9 Å². The third kappa shape index (κ3) is 3.99. The van der Waals surface area contributed by atoms with Crippen LogP contribution in [0.4, 0.5) is 5.69 Å². The number of ether oxygens (including phenoxy) is 1. The van der Waals surface area contributed by atoms with Crippen LogP contribution >= 0.6 is 11.8 Å². The van der Waals surface area contributed by atoms with Gasteiger partial charge in [-0.25, -0.2) is 0 Å². The van der Waals surface area contributed by atoms with Crippen molar-refractivity contribution in [3.05, 3.63) is 63.7 Å². The minimum Gasteiger partial charge on any atom is -0.497 e. The fourth-order valence-electron chi connectivity index (χ4n) is 2.81. The molecular weight excluding hydrogens is 352 g/mol. The van der Waals surface area contributed by atoms with Crippen molar-refractivity contribution in [3.63, 3.8) is 0 Å². The minimum absolute atomic E-state index is 0.0245. The molecule has 0 bridgehead atoms. The maximum Gasteiger partial charge on any atom is 0.283 e. The molecule has 2 aromatic carbocycles. The van der Waals surface area contributed by atoms with Crippen molar-refractivity contribution in [3.8, 4) is 5.75 Å². The monoisotopic (exact) mass is 372 g/mol. The SMILES string of the molecule is COc1ccc(CN(C(=O)c2ccc(SC)c([N+](=O)[O-])c2)C2CC2)cc1. The molecule has 2 aromatic rings. The standard InChI is InChI=1S/C19H20N2O4S/c1-25-16-8-3-13(4-9-16)12-20(15-6-7-15)19(22)14-5-10-18(26-2)17(11-14)21(23)24/h3-5,8-11,15H,6-7,12H2,1-2H3. The predicted molar refractivity (Wildman–Crippen MR) is 101 cm³/mol. The number of methoxy groups -OCH3 is 1. The van der Waals surface area contributed by atoms with Gasteiger partial charge in [-0.3, -0.25) is 14.9 Å². The first-order valence-electron chi connectivity index (χ1n) is 8.30. The number of hydrogen-bond donors (Lipinski definition) is 0. The fourth-order valence-corrected chi connectivity index (χ4v) is 3.36. The van der Waals surface area contributed by atoms with Gasteiger partial charge in [-0.2, -0.15) is 0 Å². The zero-order valence-electron chi connectivity index (χ0n) is 14.7. The predicted octanol–water partition coefficient (Wildman–Crippen LogP) is 4.13. The molecule has 0 atom stereocenters. The summed E-state index contributed by atoms with van der Waals surface area (Å²) in [5, 5.41) is 11.3. The van der Waals surface area contributed by atoms with E-state index in [9.17, 15) is 14.9 Å². The molecule has 1 amide bonds. The average molecular weight is 372 g/mol. The van der Waals surface area contributed by atoms with Crippen molar-refractivity contribution in [1.29, 1.82) is 0 Å². The van der Waals surface area contributed by atoms with E-state index in [0.29, 0.717) is 17.0 Å². The topological polar surface area (TPSA) is 72.7 Å². The van der Waals surface area contributed by atoms with Crippen LogP contribution in [0.2, 0.25) is 0 Å². The second-order valence-corrected chi connectivity index (χ2v) is 7.00. The van der Waals surface area contributed by atoms with Crippen LogP contribution in [0.15, 0.2) is 47.4 Å². The van der Waals surface area contributed by atoms with Crippen LogP contribution in [0.1, 0.15) is 28.8 Å². The average Bonchev–Trinajstić information content (AvgIpc) is 3.50. The van der Waals surface area contributed by atoms with E-state index in [1.54, 1.807) is 30.4 Å². The van der Waals surface area contributed by atoms with Crippen LogP contribution < -0.4 is 4.74 Å². The third-order valence-corrected chi connectivity index (χ3v) is 5.17. The first-order valence-corrected chi connectivity index (χ1v) is 9.52. The van der Waals surface area contributed by atoms with E-state index in [1.165, 1.54) is 17.8 Å². The van der Waals surface area contributed by atoms with Crippen LogP contribution in [0.3, 0.4) is 0 Å². The van der Waals surface area contributed by atoms with Crippen LogP contribution in [-0.2, 0) is 6.54 Å². The number of rotatable bonds is 7. The zero-order chi connectivity index (χ0) is 18.7. The van der Waals surface area contributed by atoms with Crippen LogP contribution in [-0.4, -0.2) is 35.1 Å². The number of nitro benzene ring substituents is 1. The largest absolute Gasteiger partial charge is 0.497 e. The molecule has 6 nitrogen and oxygen atoms in total. The number of amides is 1. The number of thioether (sulfide) groups is 1. The molecule has 0 radical (unpaired) electrons. The lowest BCUT2D eigenvalue weighted by atomic mass is 10.1. The second-order valence-electron chi connectivity index (χ2n) is 6.16. The molecule has 0 aliphatic heterocycles. The Bertz CT molecular complexity index is 819. The number of carbonyl (C=O) groups is 1. The highest BCUT2D eigenvalue weighted by Gasteiger charge is 2.33. The molecule has 1 saturated carbocycles. The van der Waals surface area contributed by atoms with Crippen molar-refractivity contribution < 1.29 is 14.5 Å². The van der Waals surface area contributed by atoms with Crippen LogP contribution in [0.5, 0.6) is 5.75 Å². The van der Waals surface area contributed by atoms with E-state index in [4.69, 9.17) is 4.74 Å². The Balaban J connectivity index is 1.85. The molecule has 0 unspecified atom stereocenters. The summed E-state index contributed by atoms with van der Waals surface area (Å²) in [4.78, 5) is 26.2. The molecule has 0 aromatic heterocycles. The number of hydrogen-bond acceptors (Lipinski definition) is 5. The number of nitrogens with zero attached hydrogens (tertiary/aromatic N) is 2. The molecule has 1 fully saturated rings. The lowest BCUT2D eigenvalue weighted by Crippen LogP contribution is -2.32. The normalized spacial score (nSPS) is 13.3. The highest BCUT2D eigenvalue weighted by molar-refractivity contribution is 7.98. The minimum atomic E-state index is -0.437. The van der Waals surface area contributed by atoms with Crippen molar-refractivity contribution >= 4 is 23.4 Å². The van der Waals surface area contributed by atoms with Gasteiger partial charge in [0.25, 0.3) is 11.6 Å². The first kappa shape index (κ1) is 18.3. The van der Waals surface area contributed by atoms with Gasteiger partial charge in [0.15, 0.2) is 0 Å². The van der Waals surface area contributed by atoms with Gasteiger partial charge < -0.3 is 9.64 Å². The molecule has 1 aliphatic rings. The van der Waals surface area contributed by atoms with Crippen LogP contribution in [0, 0.1) is 10.1 Å². The van der Waals surface area contributed by atoms with E-state index in [0.717, 1.165) is 24.2 Å². The Morgan fingerprint density at radius 1 is 1.27 bits per heavy atom. The summed E-state index contributed by atoms with van der Waals surface area (Å²) in [6, 6.07) is 12.5. The summed E-state index contributed by atoms with van der Waals surface area (Å²) in [6.07, 6.45) is 3.71. The molecule has 3 rings (SSSR count). The Labute approximate surface area is 156 Å². The molecule has 7 heteroatoms. The van der Waals surface area contributed by atoms with Gasteiger partial charge in [0, 0.05) is 24.2 Å². The molecule has 0 saturated heterocycles. The van der Waals surface area contributed by atoms with E-state index < -0.39 is 4.92 Å². The molecule has 136 valence electrons. The molecule has 0 N–H and O–H groups in total. The first-order chi connectivity index (χ1) is 12.5. The summed E-state index contributed by atoms with van der Waals surface area (Å²) in [6.45, 7) is 0.478. The molecule has 26 heavy (non-hydrogen) atoms. The summed E-state index contributed by atoms with van der Waals surface area (Å²) in [7, 11) is 1.61. The Hall–Kier alpha value is -2.54. The number of carbonyl (C=O) groups excluding carboxylic acids is 1. The smallest absolute Gasteiger partial charge is 0.283 e. The lowest BCUT2D eigenvalue weighted by Gasteiger charge is -2.23. The lowest BCUT2D eigenvalue weighted by molar-refractivity contribution is -0.387. The molecule has 0 spiro atoms. The van der Waals surface area contributed by atoms with Gasteiger partial charge in [-0.1, -0.05) is 12.1 Å². The number of nitro groups is 1. The second kappa shape index (κ2) is 7.78. The maximum absolute atomic E-state index is 13.0. The van der Waals surface area contributed by atoms with Gasteiger partial charge in [0.1, 0.15) is 5.75 Å². The van der Waals surface area contributed by atoms with Crippen molar-refractivity contribution in [2.45, 2.75) is 30.3 Å². The summed E-state index contributed by atoms with van der Waals surface area (Å²) < 4.78 is 5.16. The van der Waals surface area contributed by atoms with Gasteiger partial charge >= 0.3 is 0 Å². The molecule has 0 heterocycles.